The Morgan fingerprint density at radius 2 is 1.83 bits per heavy atom. The van der Waals surface area contributed by atoms with Crippen molar-refractivity contribution in [3.05, 3.63) is 0 Å². The maximum absolute atomic E-state index is 12.2. The summed E-state index contributed by atoms with van der Waals surface area (Å²) in [4.78, 5) is 32.5. The topological polar surface area (TPSA) is 74.2 Å². The number of ether oxygens (including phenoxy) is 1. The number of guanidine groups is 1. The number of carbonyl (C=O) groups excluding carboxylic acids is 2. The normalized spacial score (nSPS) is 22.0. The van der Waals surface area contributed by atoms with E-state index in [1.165, 1.54) is 0 Å². The van der Waals surface area contributed by atoms with Gasteiger partial charge in [-0.2, -0.15) is 0 Å². The molecule has 0 aromatic carbocycles. The van der Waals surface area contributed by atoms with Crippen molar-refractivity contribution in [2.24, 2.45) is 10.9 Å². The van der Waals surface area contributed by atoms with E-state index < -0.39 is 5.60 Å². The molecule has 0 aromatic rings. The lowest BCUT2D eigenvalue weighted by Crippen LogP contribution is -2.45. The number of likely N-dealkylation sites (tertiary alicyclic amines) is 2. The van der Waals surface area contributed by atoms with Crippen molar-refractivity contribution in [1.29, 1.82) is 0 Å². The molecule has 2 rings (SSSR count). The highest BCUT2D eigenvalue weighted by molar-refractivity contribution is 5.87. The third kappa shape index (κ3) is 5.11. The number of esters is 1. The van der Waals surface area contributed by atoms with Crippen LogP contribution in [0.4, 0.5) is 0 Å². The van der Waals surface area contributed by atoms with Crippen LogP contribution in [0.15, 0.2) is 4.99 Å². The summed E-state index contributed by atoms with van der Waals surface area (Å²) in [5, 5.41) is 3.13. The Bertz CT molecular complexity index is 493. The fraction of sp³-hybridized carbons (Fsp3) is 0.824. The third-order valence-corrected chi connectivity index (χ3v) is 4.30. The first kappa shape index (κ1) is 18.5. The molecule has 0 saturated carbocycles. The van der Waals surface area contributed by atoms with Crippen molar-refractivity contribution in [2.45, 2.75) is 45.6 Å². The molecule has 0 bridgehead atoms. The highest BCUT2D eigenvalue weighted by Crippen LogP contribution is 2.20. The van der Waals surface area contributed by atoms with Crippen LogP contribution in [0.5, 0.6) is 0 Å². The SMILES string of the molecule is CN=C(NCC(=O)N1CCCC1)N1CCC(C(=O)OC(C)(C)C)C1. The quantitative estimate of drug-likeness (QED) is 0.469. The fourth-order valence-electron chi connectivity index (χ4n) is 3.10. The number of hydrogen-bond donors (Lipinski definition) is 1. The van der Waals surface area contributed by atoms with Crippen molar-refractivity contribution in [3.63, 3.8) is 0 Å². The Kier molecular flexibility index (Phi) is 6.07. The molecule has 7 nitrogen and oxygen atoms in total. The van der Waals surface area contributed by atoms with Gasteiger partial charge in [0.1, 0.15) is 5.60 Å². The molecule has 2 saturated heterocycles. The fourth-order valence-corrected chi connectivity index (χ4v) is 3.10. The van der Waals surface area contributed by atoms with Crippen molar-refractivity contribution in [2.75, 3.05) is 39.8 Å². The van der Waals surface area contributed by atoms with E-state index in [1.54, 1.807) is 7.05 Å². The van der Waals surface area contributed by atoms with Gasteiger partial charge in [0.15, 0.2) is 5.96 Å². The number of amides is 1. The number of carbonyl (C=O) groups is 2. The van der Waals surface area contributed by atoms with Gasteiger partial charge in [-0.1, -0.05) is 0 Å². The van der Waals surface area contributed by atoms with Gasteiger partial charge >= 0.3 is 5.97 Å². The summed E-state index contributed by atoms with van der Waals surface area (Å²) in [5.74, 6) is 0.482. The summed E-state index contributed by atoms with van der Waals surface area (Å²) in [6.45, 7) is 8.90. The lowest BCUT2D eigenvalue weighted by molar-refractivity contribution is -0.159. The maximum Gasteiger partial charge on any atom is 0.311 e. The molecule has 2 aliphatic rings. The molecule has 2 aliphatic heterocycles. The van der Waals surface area contributed by atoms with E-state index in [-0.39, 0.29) is 24.3 Å². The Morgan fingerprint density at radius 1 is 1.17 bits per heavy atom. The Hall–Kier alpha value is -1.79. The van der Waals surface area contributed by atoms with Crippen molar-refractivity contribution in [3.8, 4) is 0 Å². The zero-order chi connectivity index (χ0) is 17.7. The smallest absolute Gasteiger partial charge is 0.311 e. The minimum Gasteiger partial charge on any atom is -0.460 e. The highest BCUT2D eigenvalue weighted by Gasteiger charge is 2.33. The van der Waals surface area contributed by atoms with Gasteiger partial charge in [-0.15, -0.1) is 0 Å². The van der Waals surface area contributed by atoms with Crippen LogP contribution in [-0.4, -0.2) is 73.0 Å². The van der Waals surface area contributed by atoms with Gasteiger partial charge in [0.2, 0.25) is 5.91 Å². The molecule has 1 unspecified atom stereocenters. The van der Waals surface area contributed by atoms with Crippen LogP contribution in [-0.2, 0) is 14.3 Å². The molecule has 1 atom stereocenters. The monoisotopic (exact) mass is 338 g/mol. The van der Waals surface area contributed by atoms with Crippen LogP contribution in [0.3, 0.4) is 0 Å². The molecule has 2 fully saturated rings. The van der Waals surface area contributed by atoms with Crippen molar-refractivity contribution in [1.82, 2.24) is 15.1 Å². The summed E-state index contributed by atoms with van der Waals surface area (Å²) in [7, 11) is 1.70. The first-order valence-corrected chi connectivity index (χ1v) is 8.76. The van der Waals surface area contributed by atoms with E-state index in [9.17, 15) is 9.59 Å². The minimum absolute atomic E-state index is 0.108. The second-order valence-corrected chi connectivity index (χ2v) is 7.45. The highest BCUT2D eigenvalue weighted by atomic mass is 16.6. The lowest BCUT2D eigenvalue weighted by atomic mass is 10.1. The summed E-state index contributed by atoms with van der Waals surface area (Å²) < 4.78 is 5.46. The molecule has 0 aliphatic carbocycles. The van der Waals surface area contributed by atoms with E-state index in [0.717, 1.165) is 38.9 Å². The zero-order valence-electron chi connectivity index (χ0n) is 15.3. The molecule has 1 amide bonds. The second kappa shape index (κ2) is 7.85. The van der Waals surface area contributed by atoms with E-state index in [0.29, 0.717) is 12.5 Å². The van der Waals surface area contributed by atoms with Gasteiger partial charge in [0.05, 0.1) is 12.5 Å². The molecule has 0 spiro atoms. The summed E-state index contributed by atoms with van der Waals surface area (Å²) in [6.07, 6.45) is 2.92. The zero-order valence-corrected chi connectivity index (χ0v) is 15.3. The first-order chi connectivity index (χ1) is 11.3. The Labute approximate surface area is 144 Å². The van der Waals surface area contributed by atoms with Crippen LogP contribution in [0.1, 0.15) is 40.0 Å². The predicted molar refractivity (Wildman–Crippen MR) is 92.7 cm³/mol. The molecule has 1 N–H and O–H groups in total. The lowest BCUT2D eigenvalue weighted by Gasteiger charge is -2.24. The summed E-state index contributed by atoms with van der Waals surface area (Å²) in [5.41, 5.74) is -0.466. The average Bonchev–Trinajstić information content (AvgIpc) is 3.17. The van der Waals surface area contributed by atoms with Crippen LogP contribution < -0.4 is 5.32 Å². The molecule has 7 heteroatoms. The standard InChI is InChI=1S/C17H30N4O3/c1-17(2,3)24-15(23)13-7-10-21(12-13)16(18-4)19-11-14(22)20-8-5-6-9-20/h13H,5-12H2,1-4H3,(H,18,19). The molecule has 2 heterocycles. The third-order valence-electron chi connectivity index (χ3n) is 4.30. The number of nitrogens with one attached hydrogen (secondary N) is 1. The van der Waals surface area contributed by atoms with Crippen molar-refractivity contribution < 1.29 is 14.3 Å². The molecule has 0 aromatic heterocycles. The van der Waals surface area contributed by atoms with Crippen LogP contribution in [0, 0.1) is 5.92 Å². The van der Waals surface area contributed by atoms with E-state index in [1.807, 2.05) is 30.6 Å². The number of hydrogen-bond acceptors (Lipinski definition) is 4. The van der Waals surface area contributed by atoms with Crippen LogP contribution in [0.25, 0.3) is 0 Å². The van der Waals surface area contributed by atoms with Crippen molar-refractivity contribution >= 4 is 17.8 Å². The molecular formula is C17H30N4O3. The second-order valence-electron chi connectivity index (χ2n) is 7.45. The number of nitrogens with zero attached hydrogens (tertiary/aromatic N) is 3. The van der Waals surface area contributed by atoms with Crippen LogP contribution in [0.2, 0.25) is 0 Å². The Balaban J connectivity index is 1.81. The molecule has 0 radical (unpaired) electrons. The number of rotatable bonds is 3. The summed E-state index contributed by atoms with van der Waals surface area (Å²) in [6, 6.07) is 0. The predicted octanol–water partition coefficient (Wildman–Crippen LogP) is 0.848. The first-order valence-electron chi connectivity index (χ1n) is 8.76. The Morgan fingerprint density at radius 3 is 2.42 bits per heavy atom. The maximum atomic E-state index is 12.2. The molecular weight excluding hydrogens is 308 g/mol. The minimum atomic E-state index is -0.466. The molecule has 136 valence electrons. The van der Waals surface area contributed by atoms with Gasteiger partial charge in [-0.3, -0.25) is 14.6 Å². The van der Waals surface area contributed by atoms with Gasteiger partial charge < -0.3 is 19.9 Å². The molecule has 24 heavy (non-hydrogen) atoms. The van der Waals surface area contributed by atoms with Crippen LogP contribution >= 0.6 is 0 Å². The average molecular weight is 338 g/mol. The number of aliphatic imine (C=N–C) groups is 1. The van der Waals surface area contributed by atoms with Gasteiger partial charge in [0, 0.05) is 33.2 Å². The summed E-state index contributed by atoms with van der Waals surface area (Å²) >= 11 is 0. The van der Waals surface area contributed by atoms with Gasteiger partial charge in [-0.25, -0.2) is 0 Å². The van der Waals surface area contributed by atoms with Gasteiger partial charge in [-0.05, 0) is 40.0 Å². The van der Waals surface area contributed by atoms with E-state index >= 15 is 0 Å². The van der Waals surface area contributed by atoms with E-state index in [2.05, 4.69) is 10.3 Å². The van der Waals surface area contributed by atoms with Gasteiger partial charge in [0.25, 0.3) is 0 Å². The van der Waals surface area contributed by atoms with E-state index in [4.69, 9.17) is 4.74 Å². The largest absolute Gasteiger partial charge is 0.460 e.